The van der Waals surface area contributed by atoms with Gasteiger partial charge >= 0.3 is 6.03 Å². The largest absolute Gasteiger partial charge is 0.488 e. The number of rotatable bonds is 6. The Hall–Kier alpha value is -3.02. The minimum absolute atomic E-state index is 0.00969. The molecule has 4 rings (SSSR count). The predicted molar refractivity (Wildman–Crippen MR) is 100 cm³/mol. The maximum absolute atomic E-state index is 11.9. The molecule has 6 nitrogen and oxygen atoms in total. The Labute approximate surface area is 152 Å². The molecule has 0 saturated heterocycles. The van der Waals surface area contributed by atoms with Crippen molar-refractivity contribution < 1.29 is 9.53 Å². The van der Waals surface area contributed by atoms with Crippen molar-refractivity contribution in [3.05, 3.63) is 60.4 Å². The minimum Gasteiger partial charge on any atom is -0.488 e. The lowest BCUT2D eigenvalue weighted by atomic mass is 10.1. The zero-order chi connectivity index (χ0) is 17.8. The molecule has 0 saturated carbocycles. The number of urea groups is 1. The quantitative estimate of drug-likeness (QED) is 0.672. The van der Waals surface area contributed by atoms with E-state index in [9.17, 15) is 4.79 Å². The fraction of sp³-hybridized carbons (Fsp3) is 0.300. The van der Waals surface area contributed by atoms with Crippen LogP contribution < -0.4 is 15.4 Å². The zero-order valence-corrected chi connectivity index (χ0v) is 14.5. The monoisotopic (exact) mass is 350 g/mol. The van der Waals surface area contributed by atoms with Gasteiger partial charge in [0.15, 0.2) is 0 Å². The van der Waals surface area contributed by atoms with E-state index >= 15 is 0 Å². The van der Waals surface area contributed by atoms with Gasteiger partial charge in [-0.3, -0.25) is 0 Å². The predicted octanol–water partition coefficient (Wildman–Crippen LogP) is 2.73. The second-order valence-electron chi connectivity index (χ2n) is 6.47. The molecule has 1 aliphatic rings. The van der Waals surface area contributed by atoms with Gasteiger partial charge in [-0.1, -0.05) is 30.3 Å². The lowest BCUT2D eigenvalue weighted by Crippen LogP contribution is -2.41. The number of nitrogens with one attached hydrogen (secondary N) is 2. The molecule has 1 unspecified atom stereocenters. The molecule has 3 aromatic rings. The zero-order valence-electron chi connectivity index (χ0n) is 14.5. The van der Waals surface area contributed by atoms with Gasteiger partial charge in [0.25, 0.3) is 0 Å². The Balaban J connectivity index is 1.16. The molecule has 0 radical (unpaired) electrons. The summed E-state index contributed by atoms with van der Waals surface area (Å²) in [7, 11) is 0. The van der Waals surface area contributed by atoms with Crippen LogP contribution in [-0.4, -0.2) is 34.8 Å². The van der Waals surface area contributed by atoms with Crippen molar-refractivity contribution in [2.24, 2.45) is 0 Å². The van der Waals surface area contributed by atoms with E-state index in [-0.39, 0.29) is 12.1 Å². The number of hydrogen-bond acceptors (Lipinski definition) is 3. The lowest BCUT2D eigenvalue weighted by molar-refractivity contribution is 0.214. The molecule has 0 fully saturated rings. The van der Waals surface area contributed by atoms with Crippen LogP contribution in [0.3, 0.4) is 0 Å². The second-order valence-corrected chi connectivity index (χ2v) is 6.47. The maximum Gasteiger partial charge on any atom is 0.314 e. The van der Waals surface area contributed by atoms with Crippen LogP contribution in [0.2, 0.25) is 0 Å². The van der Waals surface area contributed by atoms with Crippen LogP contribution in [-0.2, 0) is 13.0 Å². The van der Waals surface area contributed by atoms with Crippen LogP contribution in [0.1, 0.15) is 12.0 Å². The van der Waals surface area contributed by atoms with Gasteiger partial charge in [-0.15, -0.1) is 0 Å². The number of nitrogens with zero attached hydrogens (tertiary/aromatic N) is 2. The molecule has 0 aliphatic carbocycles. The van der Waals surface area contributed by atoms with E-state index in [1.165, 1.54) is 5.56 Å². The van der Waals surface area contributed by atoms with E-state index in [4.69, 9.17) is 4.74 Å². The van der Waals surface area contributed by atoms with Crippen molar-refractivity contribution in [1.29, 1.82) is 0 Å². The number of aromatic nitrogens is 2. The molecular formula is C20H22N4O2. The Kier molecular flexibility index (Phi) is 4.73. The molecule has 0 bridgehead atoms. The summed E-state index contributed by atoms with van der Waals surface area (Å²) >= 11 is 0. The number of fused-ring (bicyclic) bond motifs is 2. The fourth-order valence-electron chi connectivity index (χ4n) is 3.28. The van der Waals surface area contributed by atoms with Crippen molar-refractivity contribution in [3.63, 3.8) is 0 Å². The number of hydrogen-bond donors (Lipinski definition) is 2. The number of ether oxygens (including phenoxy) is 1. The lowest BCUT2D eigenvalue weighted by Gasteiger charge is -2.13. The van der Waals surface area contributed by atoms with Gasteiger partial charge in [0, 0.05) is 19.5 Å². The number of benzene rings is 2. The average molecular weight is 350 g/mol. The first-order valence-electron chi connectivity index (χ1n) is 8.96. The summed E-state index contributed by atoms with van der Waals surface area (Å²) in [5.41, 5.74) is 3.32. The van der Waals surface area contributed by atoms with E-state index in [1.807, 2.05) is 42.7 Å². The van der Waals surface area contributed by atoms with E-state index in [0.29, 0.717) is 13.1 Å². The molecule has 2 heterocycles. The average Bonchev–Trinajstić information content (AvgIpc) is 3.27. The SMILES string of the molecule is O=C(NCCCn1cnc2ccccc21)NCC1Cc2ccccc2O1. The summed E-state index contributed by atoms with van der Waals surface area (Å²) in [4.78, 5) is 16.3. The maximum atomic E-state index is 11.9. The van der Waals surface area contributed by atoms with Gasteiger partial charge in [-0.25, -0.2) is 9.78 Å². The van der Waals surface area contributed by atoms with Crippen molar-refractivity contribution >= 4 is 17.1 Å². The molecule has 6 heteroatoms. The van der Waals surface area contributed by atoms with E-state index < -0.39 is 0 Å². The molecule has 26 heavy (non-hydrogen) atoms. The van der Waals surface area contributed by atoms with Crippen LogP contribution in [0, 0.1) is 0 Å². The molecule has 134 valence electrons. The normalized spacial score (nSPS) is 15.5. The number of carbonyl (C=O) groups is 1. The molecule has 1 atom stereocenters. The van der Waals surface area contributed by atoms with Crippen molar-refractivity contribution in [3.8, 4) is 5.75 Å². The van der Waals surface area contributed by atoms with Crippen molar-refractivity contribution in [2.75, 3.05) is 13.1 Å². The van der Waals surface area contributed by atoms with Crippen molar-refractivity contribution in [1.82, 2.24) is 20.2 Å². The Morgan fingerprint density at radius 1 is 1.15 bits per heavy atom. The van der Waals surface area contributed by atoms with Crippen LogP contribution in [0.25, 0.3) is 11.0 Å². The highest BCUT2D eigenvalue weighted by Crippen LogP contribution is 2.27. The summed E-state index contributed by atoms with van der Waals surface area (Å²) in [6.07, 6.45) is 3.54. The third kappa shape index (κ3) is 3.64. The summed E-state index contributed by atoms with van der Waals surface area (Å²) in [6, 6.07) is 15.9. The topological polar surface area (TPSA) is 68.2 Å². The van der Waals surface area contributed by atoms with Crippen molar-refractivity contribution in [2.45, 2.75) is 25.5 Å². The minimum atomic E-state index is -0.153. The van der Waals surface area contributed by atoms with Gasteiger partial charge in [0.05, 0.1) is 23.9 Å². The first kappa shape index (κ1) is 16.4. The first-order valence-corrected chi connectivity index (χ1v) is 8.96. The van der Waals surface area contributed by atoms with Gasteiger partial charge in [0.2, 0.25) is 0 Å². The number of aryl methyl sites for hydroxylation is 1. The third-order valence-electron chi connectivity index (χ3n) is 4.59. The number of imidazole rings is 1. The van der Waals surface area contributed by atoms with E-state index in [0.717, 1.165) is 36.2 Å². The summed E-state index contributed by atoms with van der Waals surface area (Å²) in [5, 5.41) is 5.79. The Morgan fingerprint density at radius 3 is 2.92 bits per heavy atom. The molecule has 2 N–H and O–H groups in total. The summed E-state index contributed by atoms with van der Waals surface area (Å²) < 4.78 is 7.93. The van der Waals surface area contributed by atoms with Gasteiger partial charge < -0.3 is 19.9 Å². The molecule has 1 aliphatic heterocycles. The van der Waals surface area contributed by atoms with E-state index in [2.05, 4.69) is 32.3 Å². The molecular weight excluding hydrogens is 328 g/mol. The van der Waals surface area contributed by atoms with E-state index in [1.54, 1.807) is 0 Å². The standard InChI is InChI=1S/C20H22N4O2/c25-20(22-13-16-12-15-6-1-4-9-19(15)26-16)21-10-5-11-24-14-23-17-7-2-3-8-18(17)24/h1-4,6-9,14,16H,5,10-13H2,(H2,21,22,25). The van der Waals surface area contributed by atoms with Gasteiger partial charge in [0.1, 0.15) is 11.9 Å². The van der Waals surface area contributed by atoms with Crippen LogP contribution in [0.4, 0.5) is 4.79 Å². The first-order chi connectivity index (χ1) is 12.8. The van der Waals surface area contributed by atoms with Crippen LogP contribution >= 0.6 is 0 Å². The Bertz CT molecular complexity index is 880. The summed E-state index contributed by atoms with van der Waals surface area (Å²) in [5.74, 6) is 0.923. The summed E-state index contributed by atoms with van der Waals surface area (Å²) in [6.45, 7) is 1.94. The molecule has 2 aromatic carbocycles. The van der Waals surface area contributed by atoms with Crippen LogP contribution in [0.15, 0.2) is 54.9 Å². The number of para-hydroxylation sites is 3. The number of amides is 2. The smallest absolute Gasteiger partial charge is 0.314 e. The van der Waals surface area contributed by atoms with Gasteiger partial charge in [-0.2, -0.15) is 0 Å². The van der Waals surface area contributed by atoms with Gasteiger partial charge in [-0.05, 0) is 30.2 Å². The Morgan fingerprint density at radius 2 is 2.00 bits per heavy atom. The van der Waals surface area contributed by atoms with Crippen LogP contribution in [0.5, 0.6) is 5.75 Å². The fourth-order valence-corrected chi connectivity index (χ4v) is 3.28. The molecule has 0 spiro atoms. The highest BCUT2D eigenvalue weighted by Gasteiger charge is 2.22. The second kappa shape index (κ2) is 7.47. The number of carbonyl (C=O) groups excluding carboxylic acids is 1. The third-order valence-corrected chi connectivity index (χ3v) is 4.59. The highest BCUT2D eigenvalue weighted by atomic mass is 16.5. The molecule has 1 aromatic heterocycles. The highest BCUT2D eigenvalue weighted by molar-refractivity contribution is 5.75. The molecule has 2 amide bonds.